The predicted octanol–water partition coefficient (Wildman–Crippen LogP) is 8.26. The summed E-state index contributed by atoms with van der Waals surface area (Å²) in [5.41, 5.74) is 11.0. The molecule has 0 fully saturated rings. The summed E-state index contributed by atoms with van der Waals surface area (Å²) >= 11 is 0. The molecule has 0 unspecified atom stereocenters. The van der Waals surface area contributed by atoms with Crippen LogP contribution in [0.25, 0.3) is 38.6 Å². The maximum absolute atomic E-state index is 2.46. The normalized spacial score (nSPS) is 15.0. The highest BCUT2D eigenvalue weighted by atomic mass is 14.4. The molecular formula is C29H26. The molecule has 0 heteroatoms. The molecule has 0 atom stereocenters. The van der Waals surface area contributed by atoms with Crippen LogP contribution in [-0.2, 0) is 5.41 Å². The zero-order valence-electron chi connectivity index (χ0n) is 17.6. The molecule has 0 amide bonds. The van der Waals surface area contributed by atoms with Crippen molar-refractivity contribution >= 4 is 16.3 Å². The Morgan fingerprint density at radius 2 is 1.17 bits per heavy atom. The number of rotatable bonds is 2. The summed E-state index contributed by atoms with van der Waals surface area (Å²) in [6, 6.07) is 30.9. The average Bonchev–Trinajstić information content (AvgIpc) is 2.94. The molecular weight excluding hydrogens is 348 g/mol. The first-order valence-electron chi connectivity index (χ1n) is 10.4. The van der Waals surface area contributed by atoms with Crippen molar-refractivity contribution < 1.29 is 0 Å². The van der Waals surface area contributed by atoms with Crippen LogP contribution in [0.1, 0.15) is 38.8 Å². The van der Waals surface area contributed by atoms with Gasteiger partial charge >= 0.3 is 0 Å². The van der Waals surface area contributed by atoms with E-state index in [2.05, 4.69) is 113 Å². The third kappa shape index (κ3) is 2.59. The van der Waals surface area contributed by atoms with Crippen LogP contribution in [-0.4, -0.2) is 0 Å². The van der Waals surface area contributed by atoms with E-state index in [1.165, 1.54) is 55.3 Å². The van der Waals surface area contributed by atoms with Crippen molar-refractivity contribution in [1.82, 2.24) is 0 Å². The van der Waals surface area contributed by atoms with E-state index < -0.39 is 0 Å². The van der Waals surface area contributed by atoms with Gasteiger partial charge in [-0.1, -0.05) is 98.3 Å². The summed E-state index contributed by atoms with van der Waals surface area (Å²) in [5, 5.41) is 2.70. The molecule has 5 rings (SSSR count). The van der Waals surface area contributed by atoms with Crippen LogP contribution in [0.15, 0.2) is 90.5 Å². The number of fused-ring (bicyclic) bond motifs is 3. The third-order valence-corrected chi connectivity index (χ3v) is 6.89. The van der Waals surface area contributed by atoms with Gasteiger partial charge in [-0.15, -0.1) is 0 Å². The third-order valence-electron chi connectivity index (χ3n) is 6.89. The molecule has 0 spiro atoms. The number of hydrogen-bond donors (Lipinski definition) is 0. The molecule has 29 heavy (non-hydrogen) atoms. The zero-order chi connectivity index (χ0) is 20.2. The smallest absolute Gasteiger partial charge is 0.0115 e. The van der Waals surface area contributed by atoms with Crippen LogP contribution >= 0.6 is 0 Å². The van der Waals surface area contributed by atoms with E-state index in [0.29, 0.717) is 0 Å². The van der Waals surface area contributed by atoms with E-state index in [1.807, 2.05) is 0 Å². The molecule has 0 radical (unpaired) electrons. The second-order valence-electron chi connectivity index (χ2n) is 8.68. The Labute approximate surface area is 173 Å². The number of hydrogen-bond acceptors (Lipinski definition) is 0. The summed E-state index contributed by atoms with van der Waals surface area (Å²) in [5.74, 6) is 0. The van der Waals surface area contributed by atoms with Gasteiger partial charge in [0.15, 0.2) is 0 Å². The van der Waals surface area contributed by atoms with E-state index in [0.717, 1.165) is 0 Å². The van der Waals surface area contributed by atoms with E-state index in [9.17, 15) is 0 Å². The van der Waals surface area contributed by atoms with Crippen LogP contribution in [0.5, 0.6) is 0 Å². The molecule has 1 aliphatic rings. The monoisotopic (exact) mass is 374 g/mol. The Kier molecular flexibility index (Phi) is 3.99. The molecule has 0 aliphatic heterocycles. The summed E-state index contributed by atoms with van der Waals surface area (Å²) < 4.78 is 0. The molecule has 0 N–H and O–H groups in total. The first-order chi connectivity index (χ1) is 14.0. The maximum atomic E-state index is 2.46. The molecule has 0 saturated heterocycles. The van der Waals surface area contributed by atoms with Gasteiger partial charge in [0.05, 0.1) is 0 Å². The Hall–Kier alpha value is -3.12. The van der Waals surface area contributed by atoms with E-state index in [1.54, 1.807) is 0 Å². The molecule has 0 saturated carbocycles. The number of benzene rings is 4. The zero-order valence-corrected chi connectivity index (χ0v) is 17.6. The van der Waals surface area contributed by atoms with Gasteiger partial charge in [0.25, 0.3) is 0 Å². The lowest BCUT2D eigenvalue weighted by Crippen LogP contribution is -2.15. The first-order valence-corrected chi connectivity index (χ1v) is 10.4. The topological polar surface area (TPSA) is 0 Å². The SMILES string of the molecule is CC1=C(C)C(C)(C)c2cc(-c3ccccc3-c3ccccc3)c3ccccc3c21. The van der Waals surface area contributed by atoms with Crippen LogP contribution in [0.4, 0.5) is 0 Å². The van der Waals surface area contributed by atoms with Crippen molar-refractivity contribution in [3.63, 3.8) is 0 Å². The summed E-state index contributed by atoms with van der Waals surface area (Å²) in [6.07, 6.45) is 0. The van der Waals surface area contributed by atoms with Crippen LogP contribution in [0.2, 0.25) is 0 Å². The second kappa shape index (κ2) is 6.46. The predicted molar refractivity (Wildman–Crippen MR) is 126 cm³/mol. The maximum Gasteiger partial charge on any atom is 0.0115 e. The van der Waals surface area contributed by atoms with Crippen LogP contribution in [0, 0.1) is 0 Å². The largest absolute Gasteiger partial charge is 0.0622 e. The quantitative estimate of drug-likeness (QED) is 0.331. The fraction of sp³-hybridized carbons (Fsp3) is 0.172. The van der Waals surface area contributed by atoms with Crippen LogP contribution in [0.3, 0.4) is 0 Å². The van der Waals surface area contributed by atoms with Crippen molar-refractivity contribution in [2.24, 2.45) is 0 Å². The van der Waals surface area contributed by atoms with Crippen LogP contribution < -0.4 is 0 Å². The summed E-state index contributed by atoms with van der Waals surface area (Å²) in [7, 11) is 0. The van der Waals surface area contributed by atoms with Crippen molar-refractivity contribution in [1.29, 1.82) is 0 Å². The highest BCUT2D eigenvalue weighted by Gasteiger charge is 2.35. The average molecular weight is 375 g/mol. The molecule has 142 valence electrons. The molecule has 0 heterocycles. The highest BCUT2D eigenvalue weighted by molar-refractivity contribution is 6.07. The molecule has 1 aliphatic carbocycles. The summed E-state index contributed by atoms with van der Waals surface area (Å²) in [6.45, 7) is 9.30. The summed E-state index contributed by atoms with van der Waals surface area (Å²) in [4.78, 5) is 0. The van der Waals surface area contributed by atoms with E-state index in [-0.39, 0.29) is 5.41 Å². The fourth-order valence-electron chi connectivity index (χ4n) is 4.94. The molecule has 4 aromatic carbocycles. The highest BCUT2D eigenvalue weighted by Crippen LogP contribution is 2.51. The molecule has 0 nitrogen and oxygen atoms in total. The fourth-order valence-corrected chi connectivity index (χ4v) is 4.94. The lowest BCUT2D eigenvalue weighted by molar-refractivity contribution is 0.639. The Morgan fingerprint density at radius 3 is 1.90 bits per heavy atom. The van der Waals surface area contributed by atoms with Gasteiger partial charge in [-0.05, 0) is 69.6 Å². The minimum Gasteiger partial charge on any atom is -0.0622 e. The minimum absolute atomic E-state index is 0.0554. The van der Waals surface area contributed by atoms with Gasteiger partial charge in [0.2, 0.25) is 0 Å². The van der Waals surface area contributed by atoms with Gasteiger partial charge in [0, 0.05) is 5.41 Å². The van der Waals surface area contributed by atoms with Gasteiger partial charge < -0.3 is 0 Å². The van der Waals surface area contributed by atoms with Gasteiger partial charge in [-0.3, -0.25) is 0 Å². The molecule has 0 aromatic heterocycles. The van der Waals surface area contributed by atoms with Crippen molar-refractivity contribution in [2.45, 2.75) is 33.1 Å². The van der Waals surface area contributed by atoms with Gasteiger partial charge in [-0.2, -0.15) is 0 Å². The lowest BCUT2D eigenvalue weighted by atomic mass is 9.79. The molecule has 0 bridgehead atoms. The van der Waals surface area contributed by atoms with E-state index >= 15 is 0 Å². The van der Waals surface area contributed by atoms with Crippen molar-refractivity contribution in [3.8, 4) is 22.3 Å². The van der Waals surface area contributed by atoms with Gasteiger partial charge in [0.1, 0.15) is 0 Å². The molecule has 4 aromatic rings. The Bertz CT molecular complexity index is 1270. The standard InChI is InChI=1S/C29H26/c1-19-20(2)29(3,4)27-18-26(24-16-10-11-17-25(24)28(19)27)23-15-9-8-14-22(23)21-12-6-5-7-13-21/h5-18H,1-4H3. The lowest BCUT2D eigenvalue weighted by Gasteiger charge is -2.24. The Balaban J connectivity index is 1.88. The second-order valence-corrected chi connectivity index (χ2v) is 8.68. The van der Waals surface area contributed by atoms with Crippen molar-refractivity contribution in [3.05, 3.63) is 102 Å². The first kappa shape index (κ1) is 17.9. The van der Waals surface area contributed by atoms with E-state index in [4.69, 9.17) is 0 Å². The van der Waals surface area contributed by atoms with Crippen molar-refractivity contribution in [2.75, 3.05) is 0 Å². The minimum atomic E-state index is 0.0554. The Morgan fingerprint density at radius 1 is 0.586 bits per heavy atom. The van der Waals surface area contributed by atoms with Gasteiger partial charge in [-0.25, -0.2) is 0 Å². The number of allylic oxidation sites excluding steroid dienone is 2.